The molecule has 2 unspecified atom stereocenters. The molecule has 15 heteroatoms. The van der Waals surface area contributed by atoms with Crippen LogP contribution in [0.4, 0.5) is 28.4 Å². The van der Waals surface area contributed by atoms with Gasteiger partial charge in [-0.1, -0.05) is 85.6 Å². The second-order valence-electron chi connectivity index (χ2n) is 20.2. The first-order valence-electron chi connectivity index (χ1n) is 26.6. The van der Waals surface area contributed by atoms with Crippen LogP contribution in [0, 0.1) is 16.2 Å². The summed E-state index contributed by atoms with van der Waals surface area (Å²) in [6.07, 6.45) is 4.93. The summed E-state index contributed by atoms with van der Waals surface area (Å²) in [5, 5.41) is 17.1. The number of hydrogen-bond acceptors (Lipinski definition) is 12. The van der Waals surface area contributed by atoms with E-state index in [4.69, 9.17) is 23.7 Å². The van der Waals surface area contributed by atoms with Gasteiger partial charge in [-0.3, -0.25) is 24.0 Å². The van der Waals surface area contributed by atoms with Crippen LogP contribution in [0.15, 0.2) is 162 Å². The zero-order chi connectivity index (χ0) is 56.6. The SMILES string of the molecule is CCCC(C)(CC)C(=O)OCCOc1ccc(C(=O)Nc2ccc(N=Nc3ccc(NC(=O)C(C)(C)C)cc3)cc2)cc1.CCCC(C)(CC)C(=O)OCCOc1ccc(C(=O)Nc2cccc(Oc3ccccc3)c2)cc1. The number of amides is 3. The summed E-state index contributed by atoms with van der Waals surface area (Å²) >= 11 is 0. The van der Waals surface area contributed by atoms with Crippen molar-refractivity contribution < 1.29 is 47.7 Å². The predicted octanol–water partition coefficient (Wildman–Crippen LogP) is 15.3. The Balaban J connectivity index is 0.000000293. The van der Waals surface area contributed by atoms with Crippen LogP contribution in [0.3, 0.4) is 0 Å². The summed E-state index contributed by atoms with van der Waals surface area (Å²) in [6, 6.07) is 44.4. The molecule has 15 nitrogen and oxygen atoms in total. The zero-order valence-electron chi connectivity index (χ0n) is 46.5. The predicted molar refractivity (Wildman–Crippen MR) is 306 cm³/mol. The number of nitrogens with zero attached hydrogens (tertiary/aromatic N) is 2. The Kier molecular flexibility index (Phi) is 23.2. The first-order valence-corrected chi connectivity index (χ1v) is 26.6. The van der Waals surface area contributed by atoms with Crippen LogP contribution in [0.2, 0.25) is 0 Å². The minimum atomic E-state index is -0.477. The van der Waals surface area contributed by atoms with Gasteiger partial charge in [-0.2, -0.15) is 10.2 Å². The quantitative estimate of drug-likeness (QED) is 0.0282. The molecule has 6 aromatic rings. The Morgan fingerprint density at radius 2 is 0.859 bits per heavy atom. The molecule has 412 valence electrons. The van der Waals surface area contributed by atoms with Crippen LogP contribution in [0.25, 0.3) is 0 Å². The van der Waals surface area contributed by atoms with Gasteiger partial charge in [0.05, 0.1) is 22.2 Å². The third-order valence-electron chi connectivity index (χ3n) is 12.8. The molecule has 6 aromatic carbocycles. The molecule has 0 aliphatic carbocycles. The molecule has 0 spiro atoms. The van der Waals surface area contributed by atoms with Crippen LogP contribution < -0.4 is 30.2 Å². The van der Waals surface area contributed by atoms with Crippen LogP contribution in [-0.2, 0) is 23.9 Å². The van der Waals surface area contributed by atoms with Gasteiger partial charge in [0.15, 0.2) is 0 Å². The van der Waals surface area contributed by atoms with Crippen molar-refractivity contribution in [3.05, 3.63) is 163 Å². The van der Waals surface area contributed by atoms with Crippen LogP contribution in [-0.4, -0.2) is 56.1 Å². The average Bonchev–Trinajstić information content (AvgIpc) is 3.44. The Bertz CT molecular complexity index is 2890. The van der Waals surface area contributed by atoms with E-state index in [9.17, 15) is 24.0 Å². The van der Waals surface area contributed by atoms with E-state index >= 15 is 0 Å². The Morgan fingerprint density at radius 1 is 0.436 bits per heavy atom. The van der Waals surface area contributed by atoms with Gasteiger partial charge < -0.3 is 39.6 Å². The van der Waals surface area contributed by atoms with Gasteiger partial charge in [-0.05, 0) is 161 Å². The first-order chi connectivity index (χ1) is 37.4. The summed E-state index contributed by atoms with van der Waals surface area (Å²) < 4.78 is 28.0. The molecule has 0 saturated heterocycles. The van der Waals surface area contributed by atoms with Crippen LogP contribution in [0.5, 0.6) is 23.0 Å². The lowest BCUT2D eigenvalue weighted by molar-refractivity contribution is -0.157. The van der Waals surface area contributed by atoms with E-state index in [0.717, 1.165) is 44.3 Å². The van der Waals surface area contributed by atoms with E-state index in [1.54, 1.807) is 109 Å². The van der Waals surface area contributed by atoms with Crippen molar-refractivity contribution in [3.63, 3.8) is 0 Å². The second kappa shape index (κ2) is 29.8. The highest BCUT2D eigenvalue weighted by Gasteiger charge is 2.33. The third kappa shape index (κ3) is 19.4. The number of rotatable bonds is 25. The van der Waals surface area contributed by atoms with Gasteiger partial charge in [0.25, 0.3) is 11.8 Å². The van der Waals surface area contributed by atoms with E-state index in [2.05, 4.69) is 40.0 Å². The minimum absolute atomic E-state index is 0.0614. The molecule has 2 atom stereocenters. The molecule has 0 fully saturated rings. The standard InChI is InChI=1S/C34H42N4O5.C29H33NO5/c1-7-21-34(6,8-2)32(41)43-23-22-42-29-19-9-24(10-20-29)30(39)35-25-11-15-27(16-12-25)37-38-28-17-13-26(14-18-28)36-31(40)33(3,4)5;1-4-18-29(3,5-2)28(32)34-20-19-33-24-16-14-22(15-17-24)27(31)30-23-10-9-13-26(21-23)35-25-11-7-6-8-12-25/h9-20H,7-8,21-23H2,1-6H3,(H,35,39)(H,36,40);6-17,21H,4-5,18-20H2,1-3H3,(H,30,31). The number of benzene rings is 6. The van der Waals surface area contributed by atoms with Gasteiger partial charge in [0, 0.05) is 39.7 Å². The smallest absolute Gasteiger partial charge is 0.311 e. The summed E-state index contributed by atoms with van der Waals surface area (Å²) in [5.41, 5.74) is 2.80. The van der Waals surface area contributed by atoms with Crippen molar-refractivity contribution in [2.75, 3.05) is 42.4 Å². The van der Waals surface area contributed by atoms with E-state index < -0.39 is 16.2 Å². The molecular weight excluding hydrogens is 987 g/mol. The minimum Gasteiger partial charge on any atom is -0.490 e. The van der Waals surface area contributed by atoms with Crippen molar-refractivity contribution in [2.24, 2.45) is 26.5 Å². The average molecular weight is 1060 g/mol. The number of carbonyl (C=O) groups excluding carboxylic acids is 5. The maximum Gasteiger partial charge on any atom is 0.311 e. The maximum absolute atomic E-state index is 12.7. The van der Waals surface area contributed by atoms with E-state index in [-0.39, 0.29) is 56.1 Å². The Labute approximate surface area is 459 Å². The topological polar surface area (TPSA) is 192 Å². The number of ether oxygens (including phenoxy) is 5. The van der Waals surface area contributed by atoms with Gasteiger partial charge in [0.2, 0.25) is 5.91 Å². The first kappa shape index (κ1) is 60.5. The summed E-state index contributed by atoms with van der Waals surface area (Å²) in [4.78, 5) is 62.2. The lowest BCUT2D eigenvalue weighted by Crippen LogP contribution is -2.30. The number of esters is 2. The fourth-order valence-corrected chi connectivity index (χ4v) is 7.62. The van der Waals surface area contributed by atoms with Gasteiger partial charge >= 0.3 is 11.9 Å². The molecule has 3 amide bonds. The number of nitrogens with one attached hydrogen (secondary N) is 3. The molecular formula is C63H75N5O10. The molecule has 0 bridgehead atoms. The van der Waals surface area contributed by atoms with Gasteiger partial charge in [0.1, 0.15) is 49.4 Å². The lowest BCUT2D eigenvalue weighted by Gasteiger charge is -2.25. The number of azo groups is 1. The van der Waals surface area contributed by atoms with Crippen LogP contribution >= 0.6 is 0 Å². The van der Waals surface area contributed by atoms with E-state index in [1.165, 1.54) is 0 Å². The molecule has 0 saturated carbocycles. The normalized spacial score (nSPS) is 12.6. The van der Waals surface area contributed by atoms with Gasteiger partial charge in [-0.25, -0.2) is 0 Å². The lowest BCUT2D eigenvalue weighted by atomic mass is 9.83. The molecule has 0 aromatic heterocycles. The number of anilines is 3. The molecule has 0 aliphatic rings. The van der Waals surface area contributed by atoms with Crippen molar-refractivity contribution in [2.45, 2.75) is 101 Å². The third-order valence-corrected chi connectivity index (χ3v) is 12.8. The van der Waals surface area contributed by atoms with Crippen molar-refractivity contribution in [1.82, 2.24) is 0 Å². The summed E-state index contributed by atoms with van der Waals surface area (Å²) in [5.74, 6) is 1.60. The summed E-state index contributed by atoms with van der Waals surface area (Å²) in [7, 11) is 0. The summed E-state index contributed by atoms with van der Waals surface area (Å²) in [6.45, 7) is 18.4. The molecule has 0 aliphatic heterocycles. The molecule has 3 N–H and O–H groups in total. The van der Waals surface area contributed by atoms with Crippen molar-refractivity contribution >= 4 is 58.1 Å². The highest BCUT2D eigenvalue weighted by molar-refractivity contribution is 6.05. The molecule has 78 heavy (non-hydrogen) atoms. The zero-order valence-corrected chi connectivity index (χ0v) is 46.5. The Morgan fingerprint density at radius 3 is 1.28 bits per heavy atom. The van der Waals surface area contributed by atoms with Crippen molar-refractivity contribution in [3.8, 4) is 23.0 Å². The number of carbonyl (C=O) groups is 5. The van der Waals surface area contributed by atoms with Crippen LogP contribution in [0.1, 0.15) is 122 Å². The monoisotopic (exact) mass is 1060 g/mol. The molecule has 0 heterocycles. The van der Waals surface area contributed by atoms with E-state index in [1.807, 2.05) is 90.9 Å². The van der Waals surface area contributed by atoms with E-state index in [0.29, 0.717) is 56.8 Å². The molecule has 6 rings (SSSR count). The second-order valence-corrected chi connectivity index (χ2v) is 20.2. The highest BCUT2D eigenvalue weighted by atomic mass is 16.6. The number of hydrogen-bond donors (Lipinski definition) is 3. The van der Waals surface area contributed by atoms with Gasteiger partial charge in [-0.15, -0.1) is 0 Å². The van der Waals surface area contributed by atoms with Crippen molar-refractivity contribution in [1.29, 1.82) is 0 Å². The molecule has 0 radical (unpaired) electrons. The largest absolute Gasteiger partial charge is 0.490 e. The maximum atomic E-state index is 12.7. The fourth-order valence-electron chi connectivity index (χ4n) is 7.62. The fraction of sp³-hybridized carbons (Fsp3) is 0.349. The highest BCUT2D eigenvalue weighted by Crippen LogP contribution is 2.31. The Hall–Kier alpha value is -8.33. The number of para-hydroxylation sites is 1.